The van der Waals surface area contributed by atoms with E-state index in [1.807, 2.05) is 56.6 Å². The molecule has 4 heterocycles. The molecule has 2 aromatic carbocycles. The molecule has 9 atom stereocenters. The van der Waals surface area contributed by atoms with Crippen LogP contribution in [0, 0.1) is 35.5 Å². The third-order valence-corrected chi connectivity index (χ3v) is 13.9. The highest BCUT2D eigenvalue weighted by Crippen LogP contribution is 2.51. The number of imidazole rings is 2. The van der Waals surface area contributed by atoms with Crippen LogP contribution in [0.1, 0.15) is 91.1 Å². The van der Waals surface area contributed by atoms with E-state index in [9.17, 15) is 19.2 Å². The Kier molecular flexibility index (Phi) is 11.7. The standard InChI is InChI=1S/C47H60N8O8/c1-21(2)39(52-46(58)60-10)44(56)54(41-23(5)24(41)6)18-36-48-16-32(50-36)28-12-30-19-63-35-15-29(13-31-20-62-34(14-28)37(30)38(31)35)33-17-49-43(51-33)27(9)55(42-25(7)26(42)8)45(57)40(22(3)4)53-47(59)61-11/h12-17,21-27,39-42H,18-20H2,1-11H3,(H,48,50)(H,49,51)(H,52,58)(H,53,59)/t23-,24?,25-,26?,27-,39-,40-,41?,42?/m0/s1. The Balaban J connectivity index is 1.03. The smallest absolute Gasteiger partial charge is 0.407 e. The third-order valence-electron chi connectivity index (χ3n) is 13.9. The normalized spacial score (nSPS) is 22.7. The Bertz CT molecular complexity index is 2360. The van der Waals surface area contributed by atoms with Gasteiger partial charge in [-0.05, 0) is 66.7 Å². The molecule has 2 aliphatic carbocycles. The number of carbonyl (C=O) groups is 4. The second-order valence-electron chi connectivity index (χ2n) is 18.5. The number of nitrogens with zero attached hydrogens (tertiary/aromatic N) is 4. The van der Waals surface area contributed by atoms with Crippen molar-refractivity contribution in [3.8, 4) is 45.1 Å². The summed E-state index contributed by atoms with van der Waals surface area (Å²) in [5.41, 5.74) is 7.30. The highest BCUT2D eigenvalue weighted by molar-refractivity contribution is 5.89. The summed E-state index contributed by atoms with van der Waals surface area (Å²) >= 11 is 0. The van der Waals surface area contributed by atoms with E-state index in [0.717, 1.165) is 56.3 Å². The highest BCUT2D eigenvalue weighted by atomic mass is 16.5. The molecular formula is C47H60N8O8. The topological polar surface area (TPSA) is 193 Å². The maximum atomic E-state index is 14.2. The molecule has 0 saturated heterocycles. The third kappa shape index (κ3) is 8.08. The molecular weight excluding hydrogens is 805 g/mol. The zero-order valence-corrected chi connectivity index (χ0v) is 38.0. The number of amides is 4. The lowest BCUT2D eigenvalue weighted by molar-refractivity contribution is -0.138. The summed E-state index contributed by atoms with van der Waals surface area (Å²) in [6.45, 7) is 19.1. The second kappa shape index (κ2) is 16.9. The molecule has 0 radical (unpaired) electrons. The zero-order chi connectivity index (χ0) is 45.2. The van der Waals surface area contributed by atoms with E-state index in [1.54, 1.807) is 12.4 Å². The minimum Gasteiger partial charge on any atom is -0.488 e. The predicted octanol–water partition coefficient (Wildman–Crippen LogP) is 7.21. The van der Waals surface area contributed by atoms with Crippen LogP contribution in [0.2, 0.25) is 0 Å². The number of nitrogens with one attached hydrogen (secondary N) is 4. The van der Waals surface area contributed by atoms with Crippen LogP contribution in [0.4, 0.5) is 9.59 Å². The molecule has 2 fully saturated rings. The summed E-state index contributed by atoms with van der Waals surface area (Å²) in [7, 11) is 2.58. The van der Waals surface area contributed by atoms with Crippen LogP contribution >= 0.6 is 0 Å². The van der Waals surface area contributed by atoms with Gasteiger partial charge in [0.05, 0.1) is 50.6 Å². The van der Waals surface area contributed by atoms with Gasteiger partial charge in [0.2, 0.25) is 11.8 Å². The van der Waals surface area contributed by atoms with Crippen molar-refractivity contribution in [2.45, 2.75) is 112 Å². The van der Waals surface area contributed by atoms with E-state index in [-0.39, 0.29) is 42.3 Å². The first kappa shape index (κ1) is 43.6. The van der Waals surface area contributed by atoms with Crippen molar-refractivity contribution < 1.29 is 38.1 Å². The fraction of sp³-hybridized carbons (Fsp3) is 0.532. The van der Waals surface area contributed by atoms with Gasteiger partial charge in [-0.2, -0.15) is 0 Å². The maximum absolute atomic E-state index is 14.2. The van der Waals surface area contributed by atoms with Crippen LogP contribution < -0.4 is 20.1 Å². The highest BCUT2D eigenvalue weighted by Gasteiger charge is 2.53. The number of aromatic amines is 2. The molecule has 63 heavy (non-hydrogen) atoms. The molecule has 16 nitrogen and oxygen atoms in total. The molecule has 2 aliphatic heterocycles. The quantitative estimate of drug-likeness (QED) is 0.101. The number of benzene rings is 2. The van der Waals surface area contributed by atoms with E-state index < -0.39 is 30.3 Å². The number of alkyl carbamates (subject to hydrolysis) is 2. The summed E-state index contributed by atoms with van der Waals surface area (Å²) in [4.78, 5) is 72.7. The first-order valence-corrected chi connectivity index (χ1v) is 22.0. The van der Waals surface area contributed by atoms with E-state index in [4.69, 9.17) is 28.9 Å². The number of hydrogen-bond donors (Lipinski definition) is 4. The first-order chi connectivity index (χ1) is 30.0. The Hall–Kier alpha value is -6.06. The second-order valence-corrected chi connectivity index (χ2v) is 18.5. The lowest BCUT2D eigenvalue weighted by atomic mass is 9.87. The van der Waals surface area contributed by atoms with Gasteiger partial charge in [-0.3, -0.25) is 9.59 Å². The molecule has 0 bridgehead atoms. The van der Waals surface area contributed by atoms with Gasteiger partial charge < -0.3 is 49.3 Å². The van der Waals surface area contributed by atoms with E-state index in [0.29, 0.717) is 48.5 Å². The number of aromatic nitrogens is 4. The van der Waals surface area contributed by atoms with Crippen molar-refractivity contribution in [3.63, 3.8) is 0 Å². The molecule has 8 rings (SSSR count). The Morgan fingerprint density at radius 2 is 1.17 bits per heavy atom. The molecule has 2 aromatic heterocycles. The fourth-order valence-electron chi connectivity index (χ4n) is 9.58. The summed E-state index contributed by atoms with van der Waals surface area (Å²) in [6.07, 6.45) is 2.28. The largest absolute Gasteiger partial charge is 0.488 e. The SMILES string of the molecule is COC(=O)N[C@H](C(=O)N(Cc1ncc(-c2cc3c4c(c2)OCc2cc(-c5cnc([C@H](C)N(C(=O)[C@@H](NC(=O)OC)C(C)C)C6C(C)[C@@H]6C)[nH]5)cc(c2-4)OC3)[nH]1)C1C(C)[C@@H]1C)C(C)C. The molecule has 0 spiro atoms. The summed E-state index contributed by atoms with van der Waals surface area (Å²) in [5, 5.41) is 5.49. The van der Waals surface area contributed by atoms with E-state index in [2.05, 4.69) is 60.4 Å². The van der Waals surface area contributed by atoms with Crippen LogP contribution in [0.5, 0.6) is 11.5 Å². The van der Waals surface area contributed by atoms with Gasteiger partial charge in [-0.15, -0.1) is 0 Å². The minimum atomic E-state index is -0.754. The zero-order valence-electron chi connectivity index (χ0n) is 38.0. The minimum absolute atomic E-state index is 0.00708. The maximum Gasteiger partial charge on any atom is 0.407 e. The number of methoxy groups -OCH3 is 2. The molecule has 4 aromatic rings. The Morgan fingerprint density at radius 1 is 0.698 bits per heavy atom. The average molecular weight is 865 g/mol. The molecule has 4 amide bonds. The monoisotopic (exact) mass is 864 g/mol. The van der Waals surface area contributed by atoms with Gasteiger partial charge in [0, 0.05) is 45.5 Å². The number of ether oxygens (including phenoxy) is 4. The first-order valence-electron chi connectivity index (χ1n) is 22.0. The Morgan fingerprint density at radius 3 is 1.65 bits per heavy atom. The van der Waals surface area contributed by atoms with Crippen molar-refractivity contribution >= 4 is 24.0 Å². The summed E-state index contributed by atoms with van der Waals surface area (Å²) in [5.74, 6) is 3.39. The number of carbonyl (C=O) groups excluding carboxylic acids is 4. The molecule has 4 N–H and O–H groups in total. The fourth-order valence-corrected chi connectivity index (χ4v) is 9.58. The van der Waals surface area contributed by atoms with Crippen LogP contribution in [0.15, 0.2) is 36.7 Å². The van der Waals surface area contributed by atoms with Crippen molar-refractivity contribution in [2.24, 2.45) is 35.5 Å². The number of rotatable bonds is 14. The van der Waals surface area contributed by atoms with Gasteiger partial charge in [0.15, 0.2) is 0 Å². The molecule has 4 aliphatic rings. The van der Waals surface area contributed by atoms with Crippen molar-refractivity contribution in [3.05, 3.63) is 59.4 Å². The molecule has 4 unspecified atom stereocenters. The van der Waals surface area contributed by atoms with E-state index >= 15 is 0 Å². The van der Waals surface area contributed by atoms with Crippen molar-refractivity contribution in [1.29, 1.82) is 0 Å². The van der Waals surface area contributed by atoms with Gasteiger partial charge in [0.25, 0.3) is 0 Å². The number of hydrogen-bond acceptors (Lipinski definition) is 10. The molecule has 2 saturated carbocycles. The molecule has 336 valence electrons. The molecule has 16 heteroatoms. The number of H-pyrrole nitrogens is 2. The van der Waals surface area contributed by atoms with Gasteiger partial charge in [0.1, 0.15) is 48.4 Å². The Labute approximate surface area is 368 Å². The van der Waals surface area contributed by atoms with Crippen LogP contribution in [0.25, 0.3) is 33.6 Å². The lowest BCUT2D eigenvalue weighted by Crippen LogP contribution is -2.53. The van der Waals surface area contributed by atoms with E-state index in [1.165, 1.54) is 14.2 Å². The van der Waals surface area contributed by atoms with Crippen LogP contribution in [-0.4, -0.2) is 92.1 Å². The van der Waals surface area contributed by atoms with Crippen molar-refractivity contribution in [1.82, 2.24) is 40.4 Å². The van der Waals surface area contributed by atoms with Crippen molar-refractivity contribution in [2.75, 3.05) is 14.2 Å². The lowest BCUT2D eigenvalue weighted by Gasteiger charge is -2.34. The average Bonchev–Trinajstić information content (AvgIpc) is 3.76. The predicted molar refractivity (Wildman–Crippen MR) is 234 cm³/mol. The van der Waals surface area contributed by atoms with Crippen LogP contribution in [-0.2, 0) is 38.8 Å². The summed E-state index contributed by atoms with van der Waals surface area (Å²) < 4.78 is 22.6. The summed E-state index contributed by atoms with van der Waals surface area (Å²) in [6, 6.07) is 6.38. The van der Waals surface area contributed by atoms with Gasteiger partial charge >= 0.3 is 12.2 Å². The van der Waals surface area contributed by atoms with Crippen LogP contribution in [0.3, 0.4) is 0 Å². The van der Waals surface area contributed by atoms with Gasteiger partial charge in [-0.1, -0.05) is 55.4 Å². The van der Waals surface area contributed by atoms with Gasteiger partial charge in [-0.25, -0.2) is 19.6 Å².